The van der Waals surface area contributed by atoms with E-state index in [0.717, 1.165) is 79.9 Å². The van der Waals surface area contributed by atoms with Gasteiger partial charge in [-0.25, -0.2) is 0 Å². The number of aliphatic imine (C=N–C) groups is 1. The smallest absolute Gasteiger partial charge is 0.305 e. The highest BCUT2D eigenvalue weighted by molar-refractivity contribution is 6.28. The summed E-state index contributed by atoms with van der Waals surface area (Å²) in [5, 5.41) is 1.81. The number of nitrogens with one attached hydrogen (secondary N) is 3. The molecule has 0 aromatic carbocycles. The number of carbonyl (C=O) groups is 2. The molecule has 0 saturated heterocycles. The first-order valence-corrected chi connectivity index (χ1v) is 14.5. The van der Waals surface area contributed by atoms with Gasteiger partial charge in [0.1, 0.15) is 0 Å². The van der Waals surface area contributed by atoms with Crippen molar-refractivity contribution in [1.82, 2.24) is 15.0 Å². The third kappa shape index (κ3) is 4.21. The van der Waals surface area contributed by atoms with E-state index in [9.17, 15) is 9.59 Å². The van der Waals surface area contributed by atoms with E-state index >= 15 is 0 Å². The number of fused-ring (bicyclic) bond motifs is 7. The summed E-state index contributed by atoms with van der Waals surface area (Å²) < 4.78 is 4.97. The minimum Gasteiger partial charge on any atom is -0.469 e. The summed E-state index contributed by atoms with van der Waals surface area (Å²) in [5.74, 6) is -0.0593. The fourth-order valence-electron chi connectivity index (χ4n) is 7.07. The summed E-state index contributed by atoms with van der Waals surface area (Å²) in [6.45, 7) is 14.8. The zero-order valence-corrected chi connectivity index (χ0v) is 24.8. The van der Waals surface area contributed by atoms with Crippen LogP contribution in [0, 0.1) is 32.6 Å². The molecule has 1 aliphatic carbocycles. The molecule has 7 nitrogen and oxygen atoms in total. The molecule has 2 atom stereocenters. The van der Waals surface area contributed by atoms with Crippen molar-refractivity contribution in [2.75, 3.05) is 7.11 Å². The lowest BCUT2D eigenvalue weighted by Gasteiger charge is -2.18. The van der Waals surface area contributed by atoms with E-state index in [1.807, 2.05) is 13.0 Å². The Labute approximate surface area is 240 Å². The number of ketones is 1. The molecule has 0 fully saturated rings. The molecule has 41 heavy (non-hydrogen) atoms. The predicted octanol–water partition coefficient (Wildman–Crippen LogP) is 4.97. The molecule has 6 rings (SSSR count). The first-order valence-electron chi connectivity index (χ1n) is 14.5. The fourth-order valence-corrected chi connectivity index (χ4v) is 7.07. The molecule has 3 N–H and O–H groups in total. The Balaban J connectivity index is 1.65. The van der Waals surface area contributed by atoms with Crippen molar-refractivity contribution in [1.29, 1.82) is 0 Å². The van der Waals surface area contributed by atoms with Gasteiger partial charge in [0.15, 0.2) is 5.78 Å². The van der Waals surface area contributed by atoms with Crippen LogP contribution in [0.1, 0.15) is 94.1 Å². The maximum absolute atomic E-state index is 13.4. The second-order valence-electron chi connectivity index (χ2n) is 11.6. The number of hydrogen-bond acceptors (Lipinski definition) is 4. The molecule has 2 aliphatic heterocycles. The van der Waals surface area contributed by atoms with E-state index in [1.54, 1.807) is 0 Å². The number of carbonyl (C=O) groups excluding carboxylic acids is 2. The van der Waals surface area contributed by atoms with Crippen molar-refractivity contribution in [3.05, 3.63) is 79.1 Å². The maximum atomic E-state index is 13.4. The van der Waals surface area contributed by atoms with Gasteiger partial charge in [-0.05, 0) is 73.6 Å². The van der Waals surface area contributed by atoms with Gasteiger partial charge < -0.3 is 19.7 Å². The number of esters is 1. The number of nitrogens with zero attached hydrogens (tertiary/aromatic N) is 1. The molecule has 0 saturated carbocycles. The molecule has 0 unspecified atom stereocenters. The van der Waals surface area contributed by atoms with E-state index in [4.69, 9.17) is 9.73 Å². The van der Waals surface area contributed by atoms with E-state index in [2.05, 4.69) is 61.4 Å². The molecular formula is C34H38N4O3. The van der Waals surface area contributed by atoms with Crippen LogP contribution >= 0.6 is 0 Å². The van der Waals surface area contributed by atoms with Gasteiger partial charge in [0.25, 0.3) is 0 Å². The van der Waals surface area contributed by atoms with Crippen LogP contribution in [-0.2, 0) is 22.4 Å². The SMILES string of the molecule is C=Cc1c2[nH]c(c1C)C=C1N=C(C3=c4[nH]c(c(C)c4C(=O)C3)=Cc3[nH]c(c(C)c3CC)C2)[C@@H](CCC(=O)OC)[C@@H]1C. The first-order chi connectivity index (χ1) is 19.7. The molecule has 3 aliphatic rings. The number of allylic oxidation sites excluding steroid dienone is 1. The Bertz CT molecular complexity index is 1820. The highest BCUT2D eigenvalue weighted by Gasteiger charge is 2.38. The summed E-state index contributed by atoms with van der Waals surface area (Å²) in [4.78, 5) is 41.8. The zero-order valence-electron chi connectivity index (χ0n) is 24.8. The zero-order chi connectivity index (χ0) is 29.2. The number of rotatable bonds is 5. The Hall–Kier alpha value is -4.13. The van der Waals surface area contributed by atoms with Crippen LogP contribution in [0.5, 0.6) is 0 Å². The minimum atomic E-state index is -0.235. The average molecular weight is 551 g/mol. The highest BCUT2D eigenvalue weighted by Crippen LogP contribution is 2.40. The Morgan fingerprint density at radius 1 is 1.07 bits per heavy atom. The van der Waals surface area contributed by atoms with Gasteiger partial charge in [0.05, 0.1) is 18.2 Å². The lowest BCUT2D eigenvalue weighted by Crippen LogP contribution is -2.23. The van der Waals surface area contributed by atoms with E-state index < -0.39 is 0 Å². The molecule has 3 aromatic heterocycles. The number of aromatic amines is 3. The van der Waals surface area contributed by atoms with Crippen LogP contribution in [0.3, 0.4) is 0 Å². The summed E-state index contributed by atoms with van der Waals surface area (Å²) in [7, 11) is 1.42. The van der Waals surface area contributed by atoms with Crippen LogP contribution in [0.2, 0.25) is 0 Å². The van der Waals surface area contributed by atoms with Crippen molar-refractivity contribution in [3.8, 4) is 0 Å². The standard InChI is InChI=1S/C34H38N4O3/c1-8-20-16(3)24-13-26-18(5)22(10-11-31(40)41-7)33(37-26)23-12-30(39)32-19(6)27(38-34(23)32)15-29-21(9-2)17(4)25(36-29)14-28(20)35-24/h8,13,15,18,22,35-36,38H,1,9-12,14H2,2-7H3/t18-,22-/m0/s1. The van der Waals surface area contributed by atoms with Crippen molar-refractivity contribution in [2.45, 2.75) is 66.7 Å². The largest absolute Gasteiger partial charge is 0.469 e. The number of H-pyrrole nitrogens is 3. The topological polar surface area (TPSA) is 103 Å². The average Bonchev–Trinajstić information content (AvgIpc) is 3.70. The van der Waals surface area contributed by atoms with E-state index in [0.29, 0.717) is 19.3 Å². The van der Waals surface area contributed by atoms with Crippen LogP contribution in [0.4, 0.5) is 0 Å². The second kappa shape index (κ2) is 10.1. The second-order valence-corrected chi connectivity index (χ2v) is 11.6. The molecule has 3 aromatic rings. The van der Waals surface area contributed by atoms with Gasteiger partial charge in [0.2, 0.25) is 0 Å². The van der Waals surface area contributed by atoms with Gasteiger partial charge >= 0.3 is 5.97 Å². The van der Waals surface area contributed by atoms with Crippen LogP contribution in [0.15, 0.2) is 17.3 Å². The number of Topliss-reactive ketones (excluding diaryl/α,β-unsaturated/α-hetero) is 1. The normalized spacial score (nSPS) is 19.3. The lowest BCUT2D eigenvalue weighted by atomic mass is 9.83. The minimum absolute atomic E-state index is 0.00526. The molecular weight excluding hydrogens is 512 g/mol. The Kier molecular flexibility index (Phi) is 6.63. The maximum Gasteiger partial charge on any atom is 0.305 e. The van der Waals surface area contributed by atoms with Gasteiger partial charge in [-0.15, -0.1) is 0 Å². The third-order valence-corrected chi connectivity index (χ3v) is 9.50. The van der Waals surface area contributed by atoms with Crippen molar-refractivity contribution < 1.29 is 14.3 Å². The number of methoxy groups -OCH3 is 1. The van der Waals surface area contributed by atoms with E-state index in [1.165, 1.54) is 23.9 Å². The monoisotopic (exact) mass is 550 g/mol. The van der Waals surface area contributed by atoms with Crippen LogP contribution in [-0.4, -0.2) is 39.5 Å². The molecule has 8 bridgehead atoms. The van der Waals surface area contributed by atoms with Crippen LogP contribution < -0.4 is 10.7 Å². The highest BCUT2D eigenvalue weighted by atomic mass is 16.5. The molecule has 0 radical (unpaired) electrons. The third-order valence-electron chi connectivity index (χ3n) is 9.50. The molecule has 5 heterocycles. The predicted molar refractivity (Wildman–Crippen MR) is 163 cm³/mol. The summed E-state index contributed by atoms with van der Waals surface area (Å²) >= 11 is 0. The Morgan fingerprint density at radius 3 is 2.54 bits per heavy atom. The van der Waals surface area contributed by atoms with E-state index in [-0.39, 0.29) is 23.6 Å². The molecule has 0 amide bonds. The van der Waals surface area contributed by atoms with Gasteiger partial charge in [-0.3, -0.25) is 14.6 Å². The summed E-state index contributed by atoms with van der Waals surface area (Å²) in [6, 6.07) is 0. The summed E-state index contributed by atoms with van der Waals surface area (Å²) in [6.07, 6.45) is 9.06. The quantitative estimate of drug-likeness (QED) is 0.391. The van der Waals surface area contributed by atoms with Gasteiger partial charge in [-0.2, -0.15) is 0 Å². The number of hydrogen-bond donors (Lipinski definition) is 3. The summed E-state index contributed by atoms with van der Waals surface area (Å²) in [5.41, 5.74) is 13.7. The number of ether oxygens (including phenoxy) is 1. The molecule has 0 spiro atoms. The van der Waals surface area contributed by atoms with Crippen LogP contribution in [0.25, 0.3) is 23.8 Å². The first kappa shape index (κ1) is 27.1. The fraction of sp³-hybridized carbons (Fsp3) is 0.382. The lowest BCUT2D eigenvalue weighted by molar-refractivity contribution is -0.140. The Morgan fingerprint density at radius 2 is 1.83 bits per heavy atom. The van der Waals surface area contributed by atoms with Crippen molar-refractivity contribution >= 4 is 41.3 Å². The molecule has 212 valence electrons. The van der Waals surface area contributed by atoms with Gasteiger partial charge in [-0.1, -0.05) is 26.5 Å². The number of aromatic nitrogens is 3. The van der Waals surface area contributed by atoms with Crippen molar-refractivity contribution in [3.63, 3.8) is 0 Å². The molecule has 7 heteroatoms. The van der Waals surface area contributed by atoms with Gasteiger partial charge in [0, 0.05) is 76.1 Å². The van der Waals surface area contributed by atoms with Crippen molar-refractivity contribution in [2.24, 2.45) is 16.8 Å².